The summed E-state index contributed by atoms with van der Waals surface area (Å²) in [5.74, 6) is 0.378. The first-order chi connectivity index (χ1) is 10.1. The van der Waals surface area contributed by atoms with Gasteiger partial charge < -0.3 is 14.6 Å². The fourth-order valence-electron chi connectivity index (χ4n) is 2.90. The van der Waals surface area contributed by atoms with Crippen LogP contribution in [0.25, 0.3) is 0 Å². The Labute approximate surface area is 128 Å². The molecule has 0 unspecified atom stereocenters. The fourth-order valence-corrected chi connectivity index (χ4v) is 3.82. The number of carbonyl (C=O) groups excluding carboxylic acids is 1. The minimum Gasteiger partial charge on any atom is -0.388 e. The molecule has 0 bridgehead atoms. The van der Waals surface area contributed by atoms with E-state index < -0.39 is 5.60 Å². The molecule has 1 aromatic heterocycles. The highest BCUT2D eigenvalue weighted by molar-refractivity contribution is 7.99. The third kappa shape index (κ3) is 3.58. The topological polar surface area (TPSA) is 71.2 Å². The molecular formula is C14H22N4O2S. The summed E-state index contributed by atoms with van der Waals surface area (Å²) in [4.78, 5) is 13.9. The Kier molecular flexibility index (Phi) is 4.21. The molecule has 0 spiro atoms. The van der Waals surface area contributed by atoms with Crippen LogP contribution in [0.15, 0.2) is 11.5 Å². The minimum absolute atomic E-state index is 0.0330. The maximum absolute atomic E-state index is 12.2. The molecule has 2 aliphatic rings. The highest BCUT2D eigenvalue weighted by Crippen LogP contribution is 2.37. The molecule has 1 N–H and O–H groups in total. The van der Waals surface area contributed by atoms with Crippen LogP contribution >= 0.6 is 11.8 Å². The van der Waals surface area contributed by atoms with Crippen molar-refractivity contribution in [3.63, 3.8) is 0 Å². The molecular weight excluding hydrogens is 288 g/mol. The molecule has 6 nitrogen and oxygen atoms in total. The molecule has 2 saturated carbocycles. The Hall–Kier alpha value is -1.08. The van der Waals surface area contributed by atoms with Crippen molar-refractivity contribution in [1.82, 2.24) is 19.7 Å². The molecule has 2 fully saturated rings. The summed E-state index contributed by atoms with van der Waals surface area (Å²) in [6.45, 7) is 0.432. The van der Waals surface area contributed by atoms with Gasteiger partial charge in [0, 0.05) is 19.6 Å². The third-order valence-corrected chi connectivity index (χ3v) is 5.24. The summed E-state index contributed by atoms with van der Waals surface area (Å²) in [5.41, 5.74) is -0.677. The number of likely N-dealkylation sites (N-methyl/N-ethyl adjacent to an activating group) is 1. The van der Waals surface area contributed by atoms with Crippen LogP contribution in [0.2, 0.25) is 0 Å². The lowest BCUT2D eigenvalue weighted by atomic mass is 10.0. The van der Waals surface area contributed by atoms with Crippen molar-refractivity contribution >= 4 is 17.7 Å². The molecule has 7 heteroatoms. The van der Waals surface area contributed by atoms with Gasteiger partial charge in [0.05, 0.1) is 11.4 Å². The number of rotatable bonds is 6. The molecule has 1 aromatic rings. The average molecular weight is 310 g/mol. The SMILES string of the molecule is CN(CC1(O)CCCC1)C(=O)CSc1nncn1C1CC1. The number of hydrogen-bond donors (Lipinski definition) is 1. The van der Waals surface area contributed by atoms with Gasteiger partial charge in [-0.1, -0.05) is 24.6 Å². The van der Waals surface area contributed by atoms with Gasteiger partial charge in [0.15, 0.2) is 5.16 Å². The number of aliphatic hydroxyl groups is 1. The zero-order valence-corrected chi connectivity index (χ0v) is 13.2. The molecule has 2 aliphatic carbocycles. The minimum atomic E-state index is -0.677. The molecule has 0 saturated heterocycles. The van der Waals surface area contributed by atoms with Crippen LogP contribution < -0.4 is 0 Å². The summed E-state index contributed by atoms with van der Waals surface area (Å²) in [6, 6.07) is 0.523. The smallest absolute Gasteiger partial charge is 0.232 e. The molecule has 1 heterocycles. The lowest BCUT2D eigenvalue weighted by Gasteiger charge is -2.28. The summed E-state index contributed by atoms with van der Waals surface area (Å²) in [5, 5.41) is 19.2. The molecule has 0 atom stereocenters. The Bertz CT molecular complexity index is 509. The van der Waals surface area contributed by atoms with Gasteiger partial charge in [0.1, 0.15) is 6.33 Å². The van der Waals surface area contributed by atoms with Crippen molar-refractivity contribution in [3.05, 3.63) is 6.33 Å². The van der Waals surface area contributed by atoms with Gasteiger partial charge in [-0.3, -0.25) is 4.79 Å². The largest absolute Gasteiger partial charge is 0.388 e. The van der Waals surface area contributed by atoms with Gasteiger partial charge in [-0.2, -0.15) is 0 Å². The summed E-state index contributed by atoms with van der Waals surface area (Å²) < 4.78 is 2.06. The lowest BCUT2D eigenvalue weighted by molar-refractivity contribution is -0.130. The van der Waals surface area contributed by atoms with Gasteiger partial charge in [-0.15, -0.1) is 10.2 Å². The van der Waals surface area contributed by atoms with Crippen molar-refractivity contribution < 1.29 is 9.90 Å². The molecule has 1 amide bonds. The van der Waals surface area contributed by atoms with Gasteiger partial charge in [0.2, 0.25) is 5.91 Å². The van der Waals surface area contributed by atoms with Crippen LogP contribution in [0.1, 0.15) is 44.6 Å². The molecule has 0 radical (unpaired) electrons. The predicted octanol–water partition coefficient (Wildman–Crippen LogP) is 1.47. The Morgan fingerprint density at radius 1 is 1.52 bits per heavy atom. The number of thioether (sulfide) groups is 1. The number of hydrogen-bond acceptors (Lipinski definition) is 5. The van der Waals surface area contributed by atoms with E-state index in [1.54, 1.807) is 18.3 Å². The van der Waals surface area contributed by atoms with Gasteiger partial charge in [-0.25, -0.2) is 0 Å². The van der Waals surface area contributed by atoms with Crippen LogP contribution in [0, 0.1) is 0 Å². The van der Waals surface area contributed by atoms with Crippen LogP contribution in [-0.2, 0) is 4.79 Å². The average Bonchev–Trinajstić information content (AvgIpc) is 3.04. The van der Waals surface area contributed by atoms with E-state index in [-0.39, 0.29) is 5.91 Å². The van der Waals surface area contributed by atoms with Crippen LogP contribution in [0.4, 0.5) is 0 Å². The first-order valence-electron chi connectivity index (χ1n) is 7.56. The van der Waals surface area contributed by atoms with Crippen molar-refractivity contribution in [2.24, 2.45) is 0 Å². The fraction of sp³-hybridized carbons (Fsp3) is 0.786. The quantitative estimate of drug-likeness (QED) is 0.806. The normalized spacial score (nSPS) is 20.7. The van der Waals surface area contributed by atoms with Crippen molar-refractivity contribution in [2.45, 2.75) is 55.3 Å². The summed E-state index contributed by atoms with van der Waals surface area (Å²) in [6.07, 6.45) is 7.80. The van der Waals surface area contributed by atoms with E-state index in [0.29, 0.717) is 18.3 Å². The van der Waals surface area contributed by atoms with Gasteiger partial charge >= 0.3 is 0 Å². The van der Waals surface area contributed by atoms with E-state index in [2.05, 4.69) is 14.8 Å². The molecule has 3 rings (SSSR count). The molecule has 0 aliphatic heterocycles. The Morgan fingerprint density at radius 2 is 2.24 bits per heavy atom. The predicted molar refractivity (Wildman–Crippen MR) is 80.1 cm³/mol. The van der Waals surface area contributed by atoms with E-state index >= 15 is 0 Å². The van der Waals surface area contributed by atoms with E-state index in [1.165, 1.54) is 24.6 Å². The van der Waals surface area contributed by atoms with Gasteiger partial charge in [0.25, 0.3) is 0 Å². The standard InChI is InChI=1S/C14H22N4O2S/c1-17(9-14(20)6-2-3-7-14)12(19)8-21-13-16-15-10-18(13)11-4-5-11/h10-11,20H,2-9H2,1H3. The number of nitrogens with zero attached hydrogens (tertiary/aromatic N) is 4. The monoisotopic (exact) mass is 310 g/mol. The van der Waals surface area contributed by atoms with Crippen molar-refractivity contribution in [3.8, 4) is 0 Å². The van der Waals surface area contributed by atoms with Crippen molar-refractivity contribution in [2.75, 3.05) is 19.3 Å². The first-order valence-corrected chi connectivity index (χ1v) is 8.55. The number of carbonyl (C=O) groups is 1. The molecule has 21 heavy (non-hydrogen) atoms. The van der Waals surface area contributed by atoms with Crippen molar-refractivity contribution in [1.29, 1.82) is 0 Å². The second kappa shape index (κ2) is 5.96. The zero-order chi connectivity index (χ0) is 14.9. The number of aromatic nitrogens is 3. The first kappa shape index (κ1) is 14.8. The second-order valence-corrected chi connectivity index (χ2v) is 7.16. The summed E-state index contributed by atoms with van der Waals surface area (Å²) >= 11 is 1.43. The zero-order valence-electron chi connectivity index (χ0n) is 12.4. The lowest BCUT2D eigenvalue weighted by Crippen LogP contribution is -2.42. The molecule has 116 valence electrons. The highest BCUT2D eigenvalue weighted by Gasteiger charge is 2.33. The van der Waals surface area contributed by atoms with E-state index in [9.17, 15) is 9.90 Å². The van der Waals surface area contributed by atoms with Gasteiger partial charge in [-0.05, 0) is 25.7 Å². The Balaban J connectivity index is 1.50. The van der Waals surface area contributed by atoms with E-state index in [1.807, 2.05) is 0 Å². The maximum atomic E-state index is 12.2. The van der Waals surface area contributed by atoms with E-state index in [4.69, 9.17) is 0 Å². The van der Waals surface area contributed by atoms with Crippen LogP contribution in [-0.4, -0.2) is 55.6 Å². The van der Waals surface area contributed by atoms with Crippen LogP contribution in [0.3, 0.4) is 0 Å². The maximum Gasteiger partial charge on any atom is 0.232 e. The Morgan fingerprint density at radius 3 is 2.90 bits per heavy atom. The van der Waals surface area contributed by atoms with E-state index in [0.717, 1.165) is 30.8 Å². The summed E-state index contributed by atoms with van der Waals surface area (Å²) in [7, 11) is 1.77. The second-order valence-electron chi connectivity index (χ2n) is 6.22. The number of amides is 1. The molecule has 0 aromatic carbocycles. The van der Waals surface area contributed by atoms with Crippen LogP contribution in [0.5, 0.6) is 0 Å². The highest BCUT2D eigenvalue weighted by atomic mass is 32.2. The third-order valence-electron chi connectivity index (χ3n) is 4.30.